The number of thioether (sulfide) groups is 1. The number of nitrogens with zero attached hydrogens (tertiary/aromatic N) is 1. The number of hydrogen-bond acceptors (Lipinski definition) is 5. The lowest BCUT2D eigenvalue weighted by Gasteiger charge is -2.46. The van der Waals surface area contributed by atoms with Crippen molar-refractivity contribution in [3.63, 3.8) is 0 Å². The van der Waals surface area contributed by atoms with Crippen molar-refractivity contribution in [3.05, 3.63) is 46.0 Å². The molecule has 6 atom stereocenters. The van der Waals surface area contributed by atoms with Gasteiger partial charge < -0.3 is 38.6 Å². The van der Waals surface area contributed by atoms with Crippen LogP contribution in [0.25, 0.3) is 0 Å². The molecule has 1 amide bonds. The van der Waals surface area contributed by atoms with Crippen molar-refractivity contribution in [2.75, 3.05) is 6.54 Å². The lowest BCUT2D eigenvalue weighted by molar-refractivity contribution is -0.675. The Kier molecular flexibility index (Phi) is 6.84. The molecular weight excluding hydrogens is 426 g/mol. The normalized spacial score (nSPS) is 31.3. The van der Waals surface area contributed by atoms with Gasteiger partial charge in [0.15, 0.2) is 0 Å². The van der Waals surface area contributed by atoms with E-state index in [1.807, 2.05) is 6.92 Å². The van der Waals surface area contributed by atoms with Crippen LogP contribution in [0.15, 0.2) is 34.9 Å². The highest BCUT2D eigenvalue weighted by molar-refractivity contribution is 8.03. The molecule has 30 heavy (non-hydrogen) atoms. The Morgan fingerprint density at radius 3 is 2.60 bits per heavy atom. The average molecular weight is 454 g/mol. The number of aliphatic hydroxyl groups is 1. The Hall–Kier alpha value is -1.58. The van der Waals surface area contributed by atoms with E-state index < -0.39 is 18.0 Å². The third-order valence-corrected chi connectivity index (χ3v) is 7.99. The number of nitrogens with two attached hydrogens (primary N) is 2. The molecule has 0 aliphatic carbocycles. The second-order valence-electron chi connectivity index (χ2n) is 8.27. The van der Waals surface area contributed by atoms with E-state index in [0.717, 1.165) is 23.4 Å². The Morgan fingerprint density at radius 1 is 1.37 bits per heavy atom. The van der Waals surface area contributed by atoms with Crippen LogP contribution >= 0.6 is 11.8 Å². The van der Waals surface area contributed by atoms with Crippen molar-refractivity contribution in [3.8, 4) is 0 Å². The Balaban J connectivity index is 0.00000256. The fraction of sp³-hybridized carbons (Fsp3) is 0.524. The van der Waals surface area contributed by atoms with Crippen LogP contribution in [0.1, 0.15) is 37.4 Å². The van der Waals surface area contributed by atoms with Gasteiger partial charge in [0.2, 0.25) is 5.91 Å². The molecule has 6 N–H and O–H groups in total. The smallest absolute Gasteiger partial charge is 0.353 e. The molecule has 3 aliphatic rings. The maximum atomic E-state index is 12.5. The molecule has 1 aromatic carbocycles. The number of carbonyl (C=O) groups is 2. The summed E-state index contributed by atoms with van der Waals surface area (Å²) in [7, 11) is 0. The monoisotopic (exact) mass is 453 g/mol. The summed E-state index contributed by atoms with van der Waals surface area (Å²) in [6.45, 7) is 5.00. The minimum atomic E-state index is -1.06. The summed E-state index contributed by atoms with van der Waals surface area (Å²) in [6.07, 6.45) is 0.167. The summed E-state index contributed by atoms with van der Waals surface area (Å²) in [5.74, 6) is -1.93. The maximum Gasteiger partial charge on any atom is 0.353 e. The predicted molar refractivity (Wildman–Crippen MR) is 109 cm³/mol. The lowest BCUT2D eigenvalue weighted by atomic mass is 9.79. The molecule has 2 saturated heterocycles. The topological polar surface area (TPSA) is 120 Å². The van der Waals surface area contributed by atoms with E-state index in [1.165, 1.54) is 10.5 Å². The number of hydrogen-bond donors (Lipinski definition) is 4. The number of halogens is 1. The molecular formula is C21H28ClN3O4S. The van der Waals surface area contributed by atoms with Gasteiger partial charge in [-0.2, -0.15) is 0 Å². The van der Waals surface area contributed by atoms with Gasteiger partial charge in [-0.1, -0.05) is 31.2 Å². The van der Waals surface area contributed by atoms with Gasteiger partial charge in [0, 0.05) is 29.4 Å². The standard InChI is InChI=1S/C21H27N3O4S.ClH/c1-10-17-16(11(2)25)20(26)24(17)18(21(27)28)19(10)29-14-7-15(23-9-14)13-5-3-12(8-22)4-6-13;/h3-6,10-11,14-17,23,25H,7-9,22H2,1-2H3,(H,27,28);1H/t10-,11-,14+,15-,16-,17-;/m1./s1. The lowest BCUT2D eigenvalue weighted by Crippen LogP contribution is -3.00. The van der Waals surface area contributed by atoms with Crippen LogP contribution in [0.4, 0.5) is 0 Å². The van der Waals surface area contributed by atoms with Gasteiger partial charge in [-0.3, -0.25) is 4.79 Å². The molecule has 164 valence electrons. The van der Waals surface area contributed by atoms with Crippen LogP contribution < -0.4 is 23.5 Å². The number of carboxylic acids is 1. The van der Waals surface area contributed by atoms with Crippen molar-refractivity contribution in [2.45, 2.75) is 50.3 Å². The number of aliphatic hydroxyl groups excluding tert-OH is 1. The zero-order valence-electron chi connectivity index (χ0n) is 17.0. The van der Waals surface area contributed by atoms with Crippen molar-refractivity contribution in [2.24, 2.45) is 17.6 Å². The van der Waals surface area contributed by atoms with Gasteiger partial charge in [-0.05, 0) is 12.5 Å². The summed E-state index contributed by atoms with van der Waals surface area (Å²) in [5.41, 5.74) is 8.15. The third kappa shape index (κ3) is 3.76. The molecule has 0 bridgehead atoms. The molecule has 0 radical (unpaired) electrons. The molecule has 7 nitrogen and oxygen atoms in total. The van der Waals surface area contributed by atoms with Crippen molar-refractivity contribution in [1.82, 2.24) is 4.90 Å². The number of aliphatic carboxylic acids is 1. The molecule has 0 saturated carbocycles. The highest BCUT2D eigenvalue weighted by Crippen LogP contribution is 2.51. The SMILES string of the molecule is C[C@@H](O)[C@H]1C(=O)N2C(C(=O)O)=C(S[C@@H]3C[NH2+][C@@H](c4ccc(CN)cc4)C3)[C@H](C)[C@H]12.[Cl-]. The van der Waals surface area contributed by atoms with Gasteiger partial charge in [-0.15, -0.1) is 11.8 Å². The number of amides is 1. The van der Waals surface area contributed by atoms with Gasteiger partial charge in [0.05, 0.1) is 29.9 Å². The number of benzene rings is 1. The average Bonchev–Trinajstić information content (AvgIpc) is 3.24. The molecule has 2 fully saturated rings. The molecule has 4 rings (SSSR count). The van der Waals surface area contributed by atoms with Crippen LogP contribution in [0.3, 0.4) is 0 Å². The van der Waals surface area contributed by atoms with E-state index in [9.17, 15) is 19.8 Å². The molecule has 3 aliphatic heterocycles. The Bertz CT molecular complexity index is 860. The Labute approximate surface area is 186 Å². The first-order valence-electron chi connectivity index (χ1n) is 10.1. The Morgan fingerprint density at radius 2 is 2.03 bits per heavy atom. The van der Waals surface area contributed by atoms with Crippen LogP contribution in [0.2, 0.25) is 0 Å². The highest BCUT2D eigenvalue weighted by atomic mass is 35.5. The quantitative estimate of drug-likeness (QED) is 0.351. The third-order valence-electron chi connectivity index (χ3n) is 6.45. The van der Waals surface area contributed by atoms with E-state index in [4.69, 9.17) is 5.73 Å². The van der Waals surface area contributed by atoms with E-state index in [1.54, 1.807) is 18.7 Å². The van der Waals surface area contributed by atoms with Crippen molar-refractivity contribution < 1.29 is 37.5 Å². The fourth-order valence-electron chi connectivity index (χ4n) is 4.92. The van der Waals surface area contributed by atoms with Crippen LogP contribution in [-0.2, 0) is 16.1 Å². The van der Waals surface area contributed by atoms with Crippen LogP contribution in [0, 0.1) is 11.8 Å². The molecule has 9 heteroatoms. The summed E-state index contributed by atoms with van der Waals surface area (Å²) >= 11 is 1.60. The zero-order valence-corrected chi connectivity index (χ0v) is 18.6. The number of fused-ring (bicyclic) bond motifs is 1. The molecule has 0 spiro atoms. The summed E-state index contributed by atoms with van der Waals surface area (Å²) in [6, 6.07) is 8.44. The fourth-order valence-corrected chi connectivity index (χ4v) is 6.44. The van der Waals surface area contributed by atoms with Crippen LogP contribution in [0.5, 0.6) is 0 Å². The van der Waals surface area contributed by atoms with E-state index in [-0.39, 0.29) is 41.2 Å². The number of rotatable bonds is 6. The molecule has 0 aromatic heterocycles. The first-order chi connectivity index (χ1) is 13.8. The van der Waals surface area contributed by atoms with Crippen LogP contribution in [-0.4, -0.2) is 50.9 Å². The molecule has 1 aromatic rings. The van der Waals surface area contributed by atoms with Crippen molar-refractivity contribution >= 4 is 23.6 Å². The summed E-state index contributed by atoms with van der Waals surface area (Å²) in [5, 5.41) is 22.3. The molecule has 0 unspecified atom stereocenters. The van der Waals surface area contributed by atoms with E-state index in [0.29, 0.717) is 12.6 Å². The summed E-state index contributed by atoms with van der Waals surface area (Å²) in [4.78, 5) is 26.6. The van der Waals surface area contributed by atoms with Gasteiger partial charge >= 0.3 is 5.97 Å². The second-order valence-corrected chi connectivity index (χ2v) is 9.61. The minimum absolute atomic E-state index is 0. The highest BCUT2D eigenvalue weighted by Gasteiger charge is 2.60. The van der Waals surface area contributed by atoms with Gasteiger partial charge in [-0.25, -0.2) is 4.79 Å². The summed E-state index contributed by atoms with van der Waals surface area (Å²) < 4.78 is 0. The number of carboxylic acid groups (broad SMARTS) is 1. The van der Waals surface area contributed by atoms with E-state index >= 15 is 0 Å². The first kappa shape index (κ1) is 23.1. The molecule has 3 heterocycles. The number of β-lactam (4-membered cyclic amide) rings is 1. The maximum absolute atomic E-state index is 12.5. The zero-order chi connectivity index (χ0) is 20.9. The van der Waals surface area contributed by atoms with Gasteiger partial charge in [0.1, 0.15) is 11.7 Å². The van der Waals surface area contributed by atoms with E-state index in [2.05, 4.69) is 29.6 Å². The second kappa shape index (κ2) is 8.88. The number of carbonyl (C=O) groups excluding carboxylic acids is 1. The van der Waals surface area contributed by atoms with Crippen molar-refractivity contribution in [1.29, 1.82) is 0 Å². The minimum Gasteiger partial charge on any atom is -1.00 e. The first-order valence-corrected chi connectivity index (χ1v) is 11.0. The number of quaternary nitrogens is 1. The largest absolute Gasteiger partial charge is 1.00 e. The predicted octanol–water partition coefficient (Wildman–Crippen LogP) is -2.59. The van der Waals surface area contributed by atoms with Gasteiger partial charge in [0.25, 0.3) is 0 Å².